The molecule has 0 atom stereocenters. The average Bonchev–Trinajstić information content (AvgIpc) is 2.77. The van der Waals surface area contributed by atoms with Crippen molar-refractivity contribution in [1.29, 1.82) is 0 Å². The lowest BCUT2D eigenvalue weighted by Crippen LogP contribution is -2.26. The minimum absolute atomic E-state index is 0.0391. The second kappa shape index (κ2) is 7.21. The Labute approximate surface area is 169 Å². The van der Waals surface area contributed by atoms with E-state index in [4.69, 9.17) is 0 Å². The zero-order valence-corrected chi connectivity index (χ0v) is 16.8. The standard InChI is InChI=1S/C21H15BrN2O2S/c1-24-17-10-9-15(23-20(25)13-5-4-6-14(22)11-13)12-19(17)27-18-8-3-2-7-16(18)21(24)26/h2-12H,1H3,(H,23,25). The van der Waals surface area contributed by atoms with E-state index in [9.17, 15) is 9.59 Å². The lowest BCUT2D eigenvalue weighted by atomic mass is 10.2. The molecule has 6 heteroatoms. The minimum atomic E-state index is -0.181. The van der Waals surface area contributed by atoms with E-state index in [2.05, 4.69) is 21.2 Å². The number of halogens is 1. The van der Waals surface area contributed by atoms with Crippen molar-refractivity contribution in [2.75, 3.05) is 17.3 Å². The fourth-order valence-electron chi connectivity index (χ4n) is 2.92. The highest BCUT2D eigenvalue weighted by Gasteiger charge is 2.24. The summed E-state index contributed by atoms with van der Waals surface area (Å²) in [5.74, 6) is -0.220. The number of amides is 2. The summed E-state index contributed by atoms with van der Waals surface area (Å²) >= 11 is 4.91. The van der Waals surface area contributed by atoms with Gasteiger partial charge in [-0.05, 0) is 48.5 Å². The van der Waals surface area contributed by atoms with Gasteiger partial charge in [0.1, 0.15) is 0 Å². The summed E-state index contributed by atoms with van der Waals surface area (Å²) in [5, 5.41) is 2.93. The van der Waals surface area contributed by atoms with Crippen molar-refractivity contribution < 1.29 is 9.59 Å². The number of carbonyl (C=O) groups is 2. The molecule has 0 spiro atoms. The molecular weight excluding hydrogens is 424 g/mol. The van der Waals surface area contributed by atoms with Gasteiger partial charge < -0.3 is 10.2 Å². The Bertz CT molecular complexity index is 1070. The largest absolute Gasteiger partial charge is 0.322 e. The van der Waals surface area contributed by atoms with E-state index in [-0.39, 0.29) is 11.8 Å². The molecule has 3 aromatic rings. The zero-order valence-electron chi connectivity index (χ0n) is 14.4. The lowest BCUT2D eigenvalue weighted by Gasteiger charge is -2.18. The summed E-state index contributed by atoms with van der Waals surface area (Å²) in [7, 11) is 1.77. The number of rotatable bonds is 2. The summed E-state index contributed by atoms with van der Waals surface area (Å²) in [5.41, 5.74) is 2.76. The van der Waals surface area contributed by atoms with Crippen LogP contribution in [0.15, 0.2) is 81.0 Å². The molecule has 0 aromatic heterocycles. The number of nitrogens with one attached hydrogen (secondary N) is 1. The molecule has 4 nitrogen and oxygen atoms in total. The van der Waals surface area contributed by atoms with Crippen molar-refractivity contribution in [2.45, 2.75) is 9.79 Å². The molecule has 0 bridgehead atoms. The number of hydrogen-bond acceptors (Lipinski definition) is 3. The first kappa shape index (κ1) is 17.8. The molecule has 1 aliphatic rings. The SMILES string of the molecule is CN1C(=O)c2ccccc2Sc2cc(NC(=O)c3cccc(Br)c3)ccc21. The van der Waals surface area contributed by atoms with Crippen LogP contribution < -0.4 is 10.2 Å². The quantitative estimate of drug-likeness (QED) is 0.579. The summed E-state index contributed by atoms with van der Waals surface area (Å²) in [6, 6.07) is 20.4. The number of nitrogens with zero attached hydrogens (tertiary/aromatic N) is 1. The molecule has 0 radical (unpaired) electrons. The Hall–Kier alpha value is -2.57. The van der Waals surface area contributed by atoms with Crippen LogP contribution in [0, 0.1) is 0 Å². The van der Waals surface area contributed by atoms with Crippen LogP contribution in [0.25, 0.3) is 0 Å². The molecule has 4 rings (SSSR count). The lowest BCUT2D eigenvalue weighted by molar-refractivity contribution is 0.0988. The summed E-state index contributed by atoms with van der Waals surface area (Å²) in [6.45, 7) is 0. The number of carbonyl (C=O) groups excluding carboxylic acids is 2. The van der Waals surface area contributed by atoms with Gasteiger partial charge >= 0.3 is 0 Å². The van der Waals surface area contributed by atoms with Gasteiger partial charge in [0.05, 0.1) is 11.3 Å². The van der Waals surface area contributed by atoms with Gasteiger partial charge in [-0.15, -0.1) is 0 Å². The number of hydrogen-bond donors (Lipinski definition) is 1. The van der Waals surface area contributed by atoms with Gasteiger partial charge in [0.2, 0.25) is 0 Å². The molecule has 0 saturated carbocycles. The first-order valence-electron chi connectivity index (χ1n) is 8.29. The van der Waals surface area contributed by atoms with E-state index < -0.39 is 0 Å². The van der Waals surface area contributed by atoms with Crippen molar-refractivity contribution in [2.24, 2.45) is 0 Å². The highest BCUT2D eigenvalue weighted by molar-refractivity contribution is 9.10. The van der Waals surface area contributed by atoms with E-state index in [1.54, 1.807) is 24.1 Å². The molecule has 0 unspecified atom stereocenters. The van der Waals surface area contributed by atoms with Gasteiger partial charge in [-0.25, -0.2) is 0 Å². The summed E-state index contributed by atoms with van der Waals surface area (Å²) < 4.78 is 0.851. The van der Waals surface area contributed by atoms with Crippen LogP contribution in [0.2, 0.25) is 0 Å². The molecule has 1 aliphatic heterocycles. The van der Waals surface area contributed by atoms with Crippen molar-refractivity contribution in [3.05, 3.63) is 82.3 Å². The molecule has 1 N–H and O–H groups in total. The second-order valence-corrected chi connectivity index (χ2v) is 8.11. The van der Waals surface area contributed by atoms with E-state index in [1.165, 1.54) is 11.8 Å². The van der Waals surface area contributed by atoms with Crippen LogP contribution >= 0.6 is 27.7 Å². The van der Waals surface area contributed by atoms with Gasteiger partial charge in [0.25, 0.3) is 11.8 Å². The van der Waals surface area contributed by atoms with Gasteiger partial charge in [0.15, 0.2) is 0 Å². The minimum Gasteiger partial charge on any atom is -0.322 e. The predicted octanol–water partition coefficient (Wildman–Crippen LogP) is 5.44. The first-order chi connectivity index (χ1) is 13.0. The molecule has 2 amide bonds. The zero-order chi connectivity index (χ0) is 19.0. The maximum atomic E-state index is 12.7. The van der Waals surface area contributed by atoms with Gasteiger partial charge in [-0.1, -0.05) is 45.9 Å². The van der Waals surface area contributed by atoms with Crippen LogP contribution in [0.4, 0.5) is 11.4 Å². The van der Waals surface area contributed by atoms with Crippen LogP contribution in [-0.2, 0) is 0 Å². The van der Waals surface area contributed by atoms with Crippen LogP contribution in [0.1, 0.15) is 20.7 Å². The molecule has 27 heavy (non-hydrogen) atoms. The third kappa shape index (κ3) is 3.50. The molecule has 0 saturated heterocycles. The van der Waals surface area contributed by atoms with Gasteiger partial charge in [0, 0.05) is 32.6 Å². The van der Waals surface area contributed by atoms with Crippen molar-refractivity contribution in [1.82, 2.24) is 0 Å². The van der Waals surface area contributed by atoms with Crippen molar-refractivity contribution in [3.8, 4) is 0 Å². The maximum absolute atomic E-state index is 12.7. The third-order valence-electron chi connectivity index (χ3n) is 4.31. The van der Waals surface area contributed by atoms with E-state index >= 15 is 0 Å². The average molecular weight is 439 g/mol. The fraction of sp³-hybridized carbons (Fsp3) is 0.0476. The Morgan fingerprint density at radius 2 is 1.81 bits per heavy atom. The van der Waals surface area contributed by atoms with E-state index in [0.717, 1.165) is 20.0 Å². The second-order valence-electron chi connectivity index (χ2n) is 6.11. The Balaban J connectivity index is 1.67. The molecular formula is C21H15BrN2O2S. The molecule has 1 heterocycles. The van der Waals surface area contributed by atoms with E-state index in [0.29, 0.717) is 16.8 Å². The molecule has 3 aromatic carbocycles. The smallest absolute Gasteiger partial charge is 0.259 e. The summed E-state index contributed by atoms with van der Waals surface area (Å²) in [4.78, 5) is 28.7. The molecule has 0 fully saturated rings. The van der Waals surface area contributed by atoms with Crippen LogP contribution in [-0.4, -0.2) is 18.9 Å². The van der Waals surface area contributed by atoms with Crippen LogP contribution in [0.5, 0.6) is 0 Å². The van der Waals surface area contributed by atoms with Gasteiger partial charge in [-0.3, -0.25) is 9.59 Å². The van der Waals surface area contributed by atoms with Crippen molar-refractivity contribution >= 4 is 50.9 Å². The van der Waals surface area contributed by atoms with Gasteiger partial charge in [-0.2, -0.15) is 0 Å². The number of fused-ring (bicyclic) bond motifs is 2. The fourth-order valence-corrected chi connectivity index (χ4v) is 4.47. The Kier molecular flexibility index (Phi) is 4.76. The predicted molar refractivity (Wildman–Crippen MR) is 112 cm³/mol. The Morgan fingerprint density at radius 3 is 2.63 bits per heavy atom. The topological polar surface area (TPSA) is 49.4 Å². The highest BCUT2D eigenvalue weighted by atomic mass is 79.9. The number of anilines is 2. The third-order valence-corrected chi connectivity index (χ3v) is 5.92. The molecule has 134 valence electrons. The van der Waals surface area contributed by atoms with Crippen LogP contribution in [0.3, 0.4) is 0 Å². The highest BCUT2D eigenvalue weighted by Crippen LogP contribution is 2.42. The maximum Gasteiger partial charge on any atom is 0.259 e. The molecule has 0 aliphatic carbocycles. The number of benzene rings is 3. The van der Waals surface area contributed by atoms with E-state index in [1.807, 2.05) is 54.6 Å². The first-order valence-corrected chi connectivity index (χ1v) is 9.90. The monoisotopic (exact) mass is 438 g/mol. The Morgan fingerprint density at radius 1 is 1.00 bits per heavy atom. The summed E-state index contributed by atoms with van der Waals surface area (Å²) in [6.07, 6.45) is 0. The van der Waals surface area contributed by atoms with Crippen molar-refractivity contribution in [3.63, 3.8) is 0 Å². The normalized spacial score (nSPS) is 12.8.